The second kappa shape index (κ2) is 3.22. The maximum Gasteiger partial charge on any atom is 0.283 e. The molecule has 0 heterocycles. The van der Waals surface area contributed by atoms with E-state index < -0.39 is 4.92 Å². The third-order valence-corrected chi connectivity index (χ3v) is 1.71. The van der Waals surface area contributed by atoms with Crippen molar-refractivity contribution in [1.82, 2.24) is 0 Å². The van der Waals surface area contributed by atoms with Crippen molar-refractivity contribution in [2.75, 3.05) is 0 Å². The largest absolute Gasteiger partial charge is 0.383 e. The number of nitrogens with one attached hydrogen (secondary N) is 1. The van der Waals surface area contributed by atoms with Crippen molar-refractivity contribution in [2.45, 2.75) is 6.92 Å². The molecule has 0 spiro atoms. The Morgan fingerprint density at radius 1 is 1.62 bits per heavy atom. The number of aryl methyl sites for hydroxylation is 1. The molecule has 5 heteroatoms. The summed E-state index contributed by atoms with van der Waals surface area (Å²) in [6.07, 6.45) is 0. The molecule has 1 rings (SSSR count). The Balaban J connectivity index is 3.43. The second-order valence-electron chi connectivity index (χ2n) is 2.64. The molecule has 3 N–H and O–H groups in total. The van der Waals surface area contributed by atoms with Crippen LogP contribution in [0.3, 0.4) is 0 Å². The van der Waals surface area contributed by atoms with Crippen molar-refractivity contribution < 1.29 is 4.92 Å². The Kier molecular flexibility index (Phi) is 2.27. The van der Waals surface area contributed by atoms with Gasteiger partial charge in [0.05, 0.1) is 10.5 Å². The monoisotopic (exact) mass is 179 g/mol. The smallest absolute Gasteiger partial charge is 0.283 e. The quantitative estimate of drug-likeness (QED) is 0.309. The lowest BCUT2D eigenvalue weighted by molar-refractivity contribution is -0.385. The Morgan fingerprint density at radius 2 is 2.23 bits per heavy atom. The van der Waals surface area contributed by atoms with Crippen LogP contribution in [0.2, 0.25) is 0 Å². The molecule has 0 bridgehead atoms. The predicted molar refractivity (Wildman–Crippen MR) is 48.8 cm³/mol. The maximum atomic E-state index is 10.6. The standard InChI is InChI=1S/C8H9N3O2/c1-5-3-2-4-6(8(9)10)7(5)11(12)13/h2-4H,1H3,(H3,9,10). The zero-order chi connectivity index (χ0) is 10.0. The molecule has 0 atom stereocenters. The number of hydrogen-bond donors (Lipinski definition) is 2. The summed E-state index contributed by atoms with van der Waals surface area (Å²) in [4.78, 5) is 10.1. The molecule has 5 nitrogen and oxygen atoms in total. The molecular formula is C8H9N3O2. The summed E-state index contributed by atoms with van der Waals surface area (Å²) in [6, 6.07) is 4.72. The van der Waals surface area contributed by atoms with Crippen LogP contribution in [-0.4, -0.2) is 10.8 Å². The molecule has 0 amide bonds. The van der Waals surface area contributed by atoms with E-state index in [9.17, 15) is 10.1 Å². The zero-order valence-electron chi connectivity index (χ0n) is 7.07. The van der Waals surface area contributed by atoms with Crippen molar-refractivity contribution in [3.8, 4) is 0 Å². The van der Waals surface area contributed by atoms with Crippen LogP contribution >= 0.6 is 0 Å². The second-order valence-corrected chi connectivity index (χ2v) is 2.64. The van der Waals surface area contributed by atoms with Crippen LogP contribution < -0.4 is 5.73 Å². The van der Waals surface area contributed by atoms with Gasteiger partial charge >= 0.3 is 0 Å². The average Bonchev–Trinajstić information content (AvgIpc) is 2.02. The molecule has 0 saturated heterocycles. The maximum absolute atomic E-state index is 10.6. The van der Waals surface area contributed by atoms with Crippen LogP contribution in [0.25, 0.3) is 0 Å². The molecular weight excluding hydrogens is 170 g/mol. The van der Waals surface area contributed by atoms with Crippen LogP contribution in [0.15, 0.2) is 18.2 Å². The molecule has 0 aliphatic carbocycles. The summed E-state index contributed by atoms with van der Waals surface area (Å²) in [5.41, 5.74) is 5.80. The van der Waals surface area contributed by atoms with Gasteiger partial charge in [-0.05, 0) is 13.0 Å². The number of hydrogen-bond acceptors (Lipinski definition) is 3. The lowest BCUT2D eigenvalue weighted by Crippen LogP contribution is -2.13. The van der Waals surface area contributed by atoms with Gasteiger partial charge in [-0.3, -0.25) is 15.5 Å². The fourth-order valence-electron chi connectivity index (χ4n) is 1.12. The minimum absolute atomic E-state index is 0.0880. The summed E-state index contributed by atoms with van der Waals surface area (Å²) in [5.74, 6) is -0.282. The van der Waals surface area contributed by atoms with Gasteiger partial charge in [0, 0.05) is 5.56 Å². The summed E-state index contributed by atoms with van der Waals surface area (Å²) in [7, 11) is 0. The molecule has 0 fully saturated rings. The number of nitro benzene ring substituents is 1. The van der Waals surface area contributed by atoms with Gasteiger partial charge in [-0.15, -0.1) is 0 Å². The molecule has 0 aliphatic rings. The van der Waals surface area contributed by atoms with Crippen molar-refractivity contribution in [1.29, 1.82) is 5.41 Å². The van der Waals surface area contributed by atoms with Crippen LogP contribution in [-0.2, 0) is 0 Å². The van der Waals surface area contributed by atoms with Gasteiger partial charge in [0.1, 0.15) is 5.84 Å². The SMILES string of the molecule is Cc1cccc(C(=N)N)c1[N+](=O)[O-]. The first kappa shape index (κ1) is 9.18. The Labute approximate surface area is 74.8 Å². The molecule has 68 valence electrons. The number of para-hydroxylation sites is 1. The fourth-order valence-corrected chi connectivity index (χ4v) is 1.12. The predicted octanol–water partition coefficient (Wildman–Crippen LogP) is 1.19. The average molecular weight is 179 g/mol. The molecule has 0 unspecified atom stereocenters. The van der Waals surface area contributed by atoms with Crippen molar-refractivity contribution in [2.24, 2.45) is 5.73 Å². The zero-order valence-corrected chi connectivity index (χ0v) is 7.07. The van der Waals surface area contributed by atoms with E-state index in [2.05, 4.69) is 0 Å². The number of nitro groups is 1. The lowest BCUT2D eigenvalue weighted by atomic mass is 10.1. The van der Waals surface area contributed by atoms with Crippen molar-refractivity contribution in [3.05, 3.63) is 39.4 Å². The number of benzene rings is 1. The van der Waals surface area contributed by atoms with Gasteiger partial charge in [-0.1, -0.05) is 12.1 Å². The third-order valence-electron chi connectivity index (χ3n) is 1.71. The van der Waals surface area contributed by atoms with Gasteiger partial charge < -0.3 is 5.73 Å². The molecule has 0 aliphatic heterocycles. The summed E-state index contributed by atoms with van der Waals surface area (Å²) < 4.78 is 0. The van der Waals surface area contributed by atoms with Crippen molar-refractivity contribution >= 4 is 11.5 Å². The molecule has 1 aromatic rings. The van der Waals surface area contributed by atoms with Gasteiger partial charge in [-0.25, -0.2) is 0 Å². The summed E-state index contributed by atoms with van der Waals surface area (Å²) in [6.45, 7) is 1.62. The highest BCUT2D eigenvalue weighted by Gasteiger charge is 2.17. The van der Waals surface area contributed by atoms with Crippen LogP contribution in [0, 0.1) is 22.4 Å². The Morgan fingerprint density at radius 3 is 2.62 bits per heavy atom. The van der Waals surface area contributed by atoms with E-state index in [-0.39, 0.29) is 17.1 Å². The highest BCUT2D eigenvalue weighted by molar-refractivity contribution is 5.99. The third kappa shape index (κ3) is 1.64. The molecule has 13 heavy (non-hydrogen) atoms. The number of amidine groups is 1. The van der Waals surface area contributed by atoms with Gasteiger partial charge in [-0.2, -0.15) is 0 Å². The first-order valence-corrected chi connectivity index (χ1v) is 3.62. The van der Waals surface area contributed by atoms with E-state index in [1.165, 1.54) is 6.07 Å². The van der Waals surface area contributed by atoms with Gasteiger partial charge in [0.15, 0.2) is 0 Å². The highest BCUT2D eigenvalue weighted by Crippen LogP contribution is 2.21. The minimum atomic E-state index is -0.522. The number of nitrogens with zero attached hydrogens (tertiary/aromatic N) is 1. The Bertz CT molecular complexity index is 374. The van der Waals surface area contributed by atoms with Crippen LogP contribution in [0.4, 0.5) is 5.69 Å². The fraction of sp³-hybridized carbons (Fsp3) is 0.125. The molecule has 1 aromatic carbocycles. The van der Waals surface area contributed by atoms with Crippen LogP contribution in [0.1, 0.15) is 11.1 Å². The van der Waals surface area contributed by atoms with Crippen molar-refractivity contribution in [3.63, 3.8) is 0 Å². The number of rotatable bonds is 2. The van der Waals surface area contributed by atoms with E-state index in [1.54, 1.807) is 19.1 Å². The topological polar surface area (TPSA) is 93.0 Å². The first-order valence-electron chi connectivity index (χ1n) is 3.62. The summed E-state index contributed by atoms with van der Waals surface area (Å²) in [5, 5.41) is 17.7. The van der Waals surface area contributed by atoms with E-state index in [0.717, 1.165) is 0 Å². The van der Waals surface area contributed by atoms with E-state index in [4.69, 9.17) is 11.1 Å². The Hall–Kier alpha value is -1.91. The van der Waals surface area contributed by atoms with E-state index in [1.807, 2.05) is 0 Å². The molecule has 0 aromatic heterocycles. The highest BCUT2D eigenvalue weighted by atomic mass is 16.6. The molecule has 0 radical (unpaired) electrons. The number of nitrogen functional groups attached to an aromatic ring is 1. The lowest BCUT2D eigenvalue weighted by Gasteiger charge is -2.02. The van der Waals surface area contributed by atoms with Crippen LogP contribution in [0.5, 0.6) is 0 Å². The van der Waals surface area contributed by atoms with E-state index >= 15 is 0 Å². The van der Waals surface area contributed by atoms with Gasteiger partial charge in [0.2, 0.25) is 0 Å². The van der Waals surface area contributed by atoms with Gasteiger partial charge in [0.25, 0.3) is 5.69 Å². The minimum Gasteiger partial charge on any atom is -0.383 e. The first-order chi connectivity index (χ1) is 6.04. The number of nitrogens with two attached hydrogens (primary N) is 1. The summed E-state index contributed by atoms with van der Waals surface area (Å²) >= 11 is 0. The normalized spacial score (nSPS) is 9.62. The van der Waals surface area contributed by atoms with E-state index in [0.29, 0.717) is 5.56 Å². The molecule has 0 saturated carbocycles.